The lowest BCUT2D eigenvalue weighted by Crippen LogP contribution is -2.47. The van der Waals surface area contributed by atoms with Crippen molar-refractivity contribution in [2.75, 3.05) is 32.7 Å². The molecular weight excluding hydrogens is 246 g/mol. The molecule has 3 nitrogen and oxygen atoms in total. The quantitative estimate of drug-likeness (QED) is 0.863. The minimum atomic E-state index is 0.198. The SMILES string of the molecule is NC(CCCN1CCN(C2CC2)CC1)c1ccccc1. The van der Waals surface area contributed by atoms with Crippen molar-refractivity contribution in [1.82, 2.24) is 9.80 Å². The van der Waals surface area contributed by atoms with E-state index in [1.54, 1.807) is 0 Å². The zero-order valence-corrected chi connectivity index (χ0v) is 12.4. The summed E-state index contributed by atoms with van der Waals surface area (Å²) in [5.41, 5.74) is 7.52. The van der Waals surface area contributed by atoms with Crippen LogP contribution in [0.3, 0.4) is 0 Å². The Balaban J connectivity index is 1.34. The van der Waals surface area contributed by atoms with Crippen molar-refractivity contribution < 1.29 is 0 Å². The lowest BCUT2D eigenvalue weighted by molar-refractivity contribution is 0.124. The van der Waals surface area contributed by atoms with E-state index in [1.165, 1.54) is 57.5 Å². The lowest BCUT2D eigenvalue weighted by Gasteiger charge is -2.34. The fraction of sp³-hybridized carbons (Fsp3) is 0.647. The highest BCUT2D eigenvalue weighted by molar-refractivity contribution is 5.18. The predicted octanol–water partition coefficient (Wildman–Crippen LogP) is 2.25. The van der Waals surface area contributed by atoms with Crippen LogP contribution in [0.2, 0.25) is 0 Å². The van der Waals surface area contributed by atoms with Gasteiger partial charge in [0.2, 0.25) is 0 Å². The Morgan fingerprint density at radius 1 is 1.05 bits per heavy atom. The Morgan fingerprint density at radius 2 is 1.75 bits per heavy atom. The number of benzene rings is 1. The van der Waals surface area contributed by atoms with E-state index < -0.39 is 0 Å². The van der Waals surface area contributed by atoms with E-state index in [1.807, 2.05) is 0 Å². The summed E-state index contributed by atoms with van der Waals surface area (Å²) in [6, 6.07) is 11.6. The summed E-state index contributed by atoms with van der Waals surface area (Å²) in [6.07, 6.45) is 5.17. The molecule has 1 aliphatic heterocycles. The van der Waals surface area contributed by atoms with E-state index in [0.717, 1.165) is 12.5 Å². The predicted molar refractivity (Wildman–Crippen MR) is 83.6 cm³/mol. The standard InChI is InChI=1S/C17H27N3/c18-17(15-5-2-1-3-6-15)7-4-10-19-11-13-20(14-12-19)16-8-9-16/h1-3,5-6,16-17H,4,7-14,18H2. The minimum absolute atomic E-state index is 0.198. The van der Waals surface area contributed by atoms with Gasteiger partial charge in [0.15, 0.2) is 0 Å². The molecule has 3 heteroatoms. The summed E-state index contributed by atoms with van der Waals surface area (Å²) < 4.78 is 0. The van der Waals surface area contributed by atoms with Gasteiger partial charge in [-0.15, -0.1) is 0 Å². The number of nitrogens with two attached hydrogens (primary N) is 1. The van der Waals surface area contributed by atoms with E-state index in [4.69, 9.17) is 5.73 Å². The molecule has 0 radical (unpaired) electrons. The van der Waals surface area contributed by atoms with Gasteiger partial charge in [0.25, 0.3) is 0 Å². The summed E-state index contributed by atoms with van der Waals surface area (Å²) in [4.78, 5) is 5.28. The van der Waals surface area contributed by atoms with Gasteiger partial charge in [-0.05, 0) is 37.8 Å². The van der Waals surface area contributed by atoms with Crippen LogP contribution in [0.5, 0.6) is 0 Å². The summed E-state index contributed by atoms with van der Waals surface area (Å²) in [6.45, 7) is 6.25. The normalized spacial score (nSPS) is 22.9. The van der Waals surface area contributed by atoms with Gasteiger partial charge in [0.05, 0.1) is 0 Å². The molecule has 3 rings (SSSR count). The van der Waals surface area contributed by atoms with Gasteiger partial charge < -0.3 is 10.6 Å². The molecule has 0 bridgehead atoms. The maximum atomic E-state index is 6.25. The second-order valence-corrected chi connectivity index (χ2v) is 6.27. The molecule has 1 atom stereocenters. The van der Waals surface area contributed by atoms with E-state index in [-0.39, 0.29) is 6.04 Å². The summed E-state index contributed by atoms with van der Waals surface area (Å²) >= 11 is 0. The molecule has 2 fully saturated rings. The van der Waals surface area contributed by atoms with E-state index >= 15 is 0 Å². The van der Waals surface area contributed by atoms with Crippen LogP contribution in [-0.2, 0) is 0 Å². The Bertz CT molecular complexity index is 394. The molecule has 1 heterocycles. The topological polar surface area (TPSA) is 32.5 Å². The third-order valence-electron chi connectivity index (χ3n) is 4.69. The molecule has 0 aromatic heterocycles. The lowest BCUT2D eigenvalue weighted by atomic mass is 10.0. The summed E-state index contributed by atoms with van der Waals surface area (Å²) in [7, 11) is 0. The van der Waals surface area contributed by atoms with Crippen LogP contribution in [-0.4, -0.2) is 48.6 Å². The average Bonchev–Trinajstić information content (AvgIpc) is 3.33. The molecule has 1 aromatic carbocycles. The van der Waals surface area contributed by atoms with Crippen molar-refractivity contribution in [2.24, 2.45) is 5.73 Å². The van der Waals surface area contributed by atoms with Gasteiger partial charge in [-0.2, -0.15) is 0 Å². The van der Waals surface area contributed by atoms with Crippen LogP contribution in [0.4, 0.5) is 0 Å². The third-order valence-corrected chi connectivity index (χ3v) is 4.69. The highest BCUT2D eigenvalue weighted by Crippen LogP contribution is 2.27. The Hall–Kier alpha value is -0.900. The zero-order valence-electron chi connectivity index (χ0n) is 12.4. The van der Waals surface area contributed by atoms with Crippen LogP contribution in [0, 0.1) is 0 Å². The number of rotatable bonds is 6. The van der Waals surface area contributed by atoms with Crippen LogP contribution in [0.25, 0.3) is 0 Å². The van der Waals surface area contributed by atoms with Gasteiger partial charge in [-0.1, -0.05) is 30.3 Å². The minimum Gasteiger partial charge on any atom is -0.324 e. The molecule has 1 unspecified atom stereocenters. The number of piperazine rings is 1. The molecule has 1 saturated heterocycles. The molecule has 0 spiro atoms. The largest absolute Gasteiger partial charge is 0.324 e. The number of hydrogen-bond donors (Lipinski definition) is 1. The highest BCUT2D eigenvalue weighted by Gasteiger charge is 2.30. The molecular formula is C17H27N3. The number of nitrogens with zero attached hydrogens (tertiary/aromatic N) is 2. The Labute approximate surface area is 122 Å². The highest BCUT2D eigenvalue weighted by atomic mass is 15.3. The Morgan fingerprint density at radius 3 is 2.40 bits per heavy atom. The molecule has 0 amide bonds. The smallest absolute Gasteiger partial charge is 0.0295 e. The van der Waals surface area contributed by atoms with Crippen molar-refractivity contribution >= 4 is 0 Å². The van der Waals surface area contributed by atoms with Crippen LogP contribution >= 0.6 is 0 Å². The van der Waals surface area contributed by atoms with E-state index in [9.17, 15) is 0 Å². The molecule has 1 aromatic rings. The van der Waals surface area contributed by atoms with Gasteiger partial charge in [0.1, 0.15) is 0 Å². The first kappa shape index (κ1) is 14.1. The van der Waals surface area contributed by atoms with Gasteiger partial charge in [0, 0.05) is 38.3 Å². The maximum Gasteiger partial charge on any atom is 0.0295 e. The second-order valence-electron chi connectivity index (χ2n) is 6.27. The van der Waals surface area contributed by atoms with Crippen LogP contribution in [0.15, 0.2) is 30.3 Å². The molecule has 2 N–H and O–H groups in total. The van der Waals surface area contributed by atoms with Crippen LogP contribution < -0.4 is 5.73 Å². The monoisotopic (exact) mass is 273 g/mol. The third kappa shape index (κ3) is 3.81. The fourth-order valence-corrected chi connectivity index (χ4v) is 3.19. The van der Waals surface area contributed by atoms with E-state index in [0.29, 0.717) is 0 Å². The van der Waals surface area contributed by atoms with E-state index in [2.05, 4.69) is 40.1 Å². The maximum absolute atomic E-state index is 6.25. The van der Waals surface area contributed by atoms with Crippen molar-refractivity contribution in [2.45, 2.75) is 37.8 Å². The van der Waals surface area contributed by atoms with Crippen LogP contribution in [0.1, 0.15) is 37.3 Å². The zero-order chi connectivity index (χ0) is 13.8. The van der Waals surface area contributed by atoms with Gasteiger partial charge >= 0.3 is 0 Å². The molecule has 2 aliphatic rings. The Kier molecular flexibility index (Phi) is 4.71. The molecule has 1 saturated carbocycles. The second kappa shape index (κ2) is 6.70. The van der Waals surface area contributed by atoms with Crippen molar-refractivity contribution in [3.05, 3.63) is 35.9 Å². The van der Waals surface area contributed by atoms with Crippen molar-refractivity contribution in [3.63, 3.8) is 0 Å². The first-order valence-electron chi connectivity index (χ1n) is 8.10. The molecule has 20 heavy (non-hydrogen) atoms. The van der Waals surface area contributed by atoms with Crippen molar-refractivity contribution in [1.29, 1.82) is 0 Å². The summed E-state index contributed by atoms with van der Waals surface area (Å²) in [5.74, 6) is 0. The first-order chi connectivity index (χ1) is 9.83. The van der Waals surface area contributed by atoms with Gasteiger partial charge in [-0.3, -0.25) is 4.90 Å². The average molecular weight is 273 g/mol. The van der Waals surface area contributed by atoms with Gasteiger partial charge in [-0.25, -0.2) is 0 Å². The number of hydrogen-bond acceptors (Lipinski definition) is 3. The molecule has 1 aliphatic carbocycles. The first-order valence-corrected chi connectivity index (χ1v) is 8.10. The summed E-state index contributed by atoms with van der Waals surface area (Å²) in [5, 5.41) is 0. The molecule has 110 valence electrons. The van der Waals surface area contributed by atoms with Crippen molar-refractivity contribution in [3.8, 4) is 0 Å². The fourth-order valence-electron chi connectivity index (χ4n) is 3.19.